The Labute approximate surface area is 146 Å². The zero-order chi connectivity index (χ0) is 18.6. The molecule has 0 atom stereocenters. The van der Waals surface area contributed by atoms with Crippen molar-refractivity contribution in [3.05, 3.63) is 64.7 Å². The molecule has 0 aromatic heterocycles. The van der Waals surface area contributed by atoms with Crippen LogP contribution in [-0.4, -0.2) is 31.2 Å². The molecule has 6 nitrogen and oxygen atoms in total. The molecule has 0 saturated carbocycles. The first-order chi connectivity index (χ1) is 11.7. The van der Waals surface area contributed by atoms with Crippen LogP contribution in [0.25, 0.3) is 0 Å². The molecule has 7 heteroatoms. The molecule has 2 aromatic rings. The number of hydrogen-bond donors (Lipinski definition) is 2. The number of aryl methyl sites for hydroxylation is 2. The Bertz CT molecular complexity index is 902. The fraction of sp³-hybridized carbons (Fsp3) is 0.222. The summed E-state index contributed by atoms with van der Waals surface area (Å²) >= 11 is 0. The van der Waals surface area contributed by atoms with Crippen LogP contribution in [0.5, 0.6) is 0 Å². The molecule has 0 spiro atoms. The van der Waals surface area contributed by atoms with Gasteiger partial charge in [0.2, 0.25) is 5.91 Å². The van der Waals surface area contributed by atoms with Crippen LogP contribution in [0.3, 0.4) is 0 Å². The van der Waals surface area contributed by atoms with E-state index in [-0.39, 0.29) is 11.3 Å². The summed E-state index contributed by atoms with van der Waals surface area (Å²) in [4.78, 5) is 22.8. The molecule has 1 amide bonds. The van der Waals surface area contributed by atoms with E-state index >= 15 is 0 Å². The second-order valence-corrected chi connectivity index (χ2v) is 7.95. The van der Waals surface area contributed by atoms with Gasteiger partial charge in [-0.05, 0) is 54.8 Å². The fourth-order valence-corrected chi connectivity index (χ4v) is 3.54. The van der Waals surface area contributed by atoms with Crippen LogP contribution in [0.1, 0.15) is 27.0 Å². The van der Waals surface area contributed by atoms with Gasteiger partial charge in [0.05, 0.1) is 11.3 Å². The predicted octanol–water partition coefficient (Wildman–Crippen LogP) is 2.56. The van der Waals surface area contributed by atoms with Gasteiger partial charge >= 0.3 is 5.97 Å². The van der Waals surface area contributed by atoms with Crippen molar-refractivity contribution in [2.45, 2.75) is 19.6 Å². The lowest BCUT2D eigenvalue weighted by Crippen LogP contribution is -2.24. The van der Waals surface area contributed by atoms with E-state index < -0.39 is 27.5 Å². The molecule has 132 valence electrons. The largest absolute Gasteiger partial charge is 0.478 e. The van der Waals surface area contributed by atoms with Gasteiger partial charge in [-0.1, -0.05) is 18.2 Å². The van der Waals surface area contributed by atoms with E-state index in [4.69, 9.17) is 5.11 Å². The summed E-state index contributed by atoms with van der Waals surface area (Å²) in [5.41, 5.74) is 3.14. The molecule has 0 aliphatic heterocycles. The van der Waals surface area contributed by atoms with E-state index in [9.17, 15) is 18.0 Å². The van der Waals surface area contributed by atoms with Crippen molar-refractivity contribution in [1.29, 1.82) is 0 Å². The molecule has 0 bridgehead atoms. The van der Waals surface area contributed by atoms with E-state index in [0.29, 0.717) is 11.3 Å². The van der Waals surface area contributed by atoms with Gasteiger partial charge in [0.15, 0.2) is 9.84 Å². The number of carbonyl (C=O) groups is 2. The molecule has 0 aliphatic carbocycles. The summed E-state index contributed by atoms with van der Waals surface area (Å²) in [6.45, 7) is 3.85. The quantitative estimate of drug-likeness (QED) is 0.823. The van der Waals surface area contributed by atoms with Crippen molar-refractivity contribution < 1.29 is 23.1 Å². The maximum atomic E-state index is 12.2. The van der Waals surface area contributed by atoms with Crippen molar-refractivity contribution >= 4 is 27.4 Å². The van der Waals surface area contributed by atoms with Crippen LogP contribution >= 0.6 is 0 Å². The van der Waals surface area contributed by atoms with Crippen molar-refractivity contribution in [2.75, 3.05) is 11.1 Å². The van der Waals surface area contributed by atoms with Gasteiger partial charge in [0.1, 0.15) is 5.75 Å². The summed E-state index contributed by atoms with van der Waals surface area (Å²) < 4.78 is 24.3. The van der Waals surface area contributed by atoms with Crippen molar-refractivity contribution in [1.82, 2.24) is 0 Å². The summed E-state index contributed by atoms with van der Waals surface area (Å²) in [5.74, 6) is -2.65. The third-order valence-electron chi connectivity index (χ3n) is 3.73. The molecule has 0 saturated heterocycles. The summed E-state index contributed by atoms with van der Waals surface area (Å²) in [6, 6.07) is 10.9. The molecule has 2 N–H and O–H groups in total. The van der Waals surface area contributed by atoms with E-state index in [1.165, 1.54) is 24.3 Å². The van der Waals surface area contributed by atoms with E-state index in [0.717, 1.165) is 11.1 Å². The number of aromatic carboxylic acids is 1. The normalized spacial score (nSPS) is 11.1. The SMILES string of the molecule is Cc1ccc(NC(=O)CS(=O)(=O)Cc2ccc(C(=O)O)cc2)cc1C. The maximum Gasteiger partial charge on any atom is 0.335 e. The van der Waals surface area contributed by atoms with Gasteiger partial charge in [-0.25, -0.2) is 13.2 Å². The third-order valence-corrected chi connectivity index (χ3v) is 5.20. The van der Waals surface area contributed by atoms with Gasteiger partial charge in [0, 0.05) is 5.69 Å². The Hall–Kier alpha value is -2.67. The lowest BCUT2D eigenvalue weighted by atomic mass is 10.1. The van der Waals surface area contributed by atoms with Crippen molar-refractivity contribution in [3.63, 3.8) is 0 Å². The predicted molar refractivity (Wildman–Crippen MR) is 95.4 cm³/mol. The Morgan fingerprint density at radius 3 is 2.20 bits per heavy atom. The number of sulfone groups is 1. The van der Waals surface area contributed by atoms with Crippen LogP contribution in [0.4, 0.5) is 5.69 Å². The van der Waals surface area contributed by atoms with Gasteiger partial charge in [-0.2, -0.15) is 0 Å². The minimum atomic E-state index is -3.66. The first kappa shape index (κ1) is 18.7. The summed E-state index contributed by atoms with van der Waals surface area (Å²) in [6.07, 6.45) is 0. The number of carboxylic acids is 1. The number of rotatable bonds is 6. The number of nitrogens with one attached hydrogen (secondary N) is 1. The van der Waals surface area contributed by atoms with Gasteiger partial charge < -0.3 is 10.4 Å². The Morgan fingerprint density at radius 2 is 1.64 bits per heavy atom. The molecule has 0 heterocycles. The van der Waals surface area contributed by atoms with Gasteiger partial charge in [-0.3, -0.25) is 4.79 Å². The number of anilines is 1. The van der Waals surface area contributed by atoms with E-state index in [2.05, 4.69) is 5.32 Å². The van der Waals surface area contributed by atoms with Gasteiger partial charge in [-0.15, -0.1) is 0 Å². The molecule has 0 radical (unpaired) electrons. The van der Waals surface area contributed by atoms with Crippen LogP contribution in [0.2, 0.25) is 0 Å². The molecule has 0 aliphatic rings. The first-order valence-corrected chi connectivity index (χ1v) is 9.38. The highest BCUT2D eigenvalue weighted by atomic mass is 32.2. The lowest BCUT2D eigenvalue weighted by Gasteiger charge is -2.08. The first-order valence-electron chi connectivity index (χ1n) is 7.56. The van der Waals surface area contributed by atoms with Crippen molar-refractivity contribution in [3.8, 4) is 0 Å². The second kappa shape index (κ2) is 7.48. The van der Waals surface area contributed by atoms with Crippen LogP contribution in [0.15, 0.2) is 42.5 Å². The highest BCUT2D eigenvalue weighted by Crippen LogP contribution is 2.15. The van der Waals surface area contributed by atoms with Crippen molar-refractivity contribution in [2.24, 2.45) is 0 Å². The minimum Gasteiger partial charge on any atom is -0.478 e. The van der Waals surface area contributed by atoms with E-state index in [1.807, 2.05) is 19.9 Å². The Morgan fingerprint density at radius 1 is 1.00 bits per heavy atom. The number of benzene rings is 2. The van der Waals surface area contributed by atoms with E-state index in [1.54, 1.807) is 12.1 Å². The summed E-state index contributed by atoms with van der Waals surface area (Å²) in [5, 5.41) is 11.4. The highest BCUT2D eigenvalue weighted by molar-refractivity contribution is 7.91. The van der Waals surface area contributed by atoms with Crippen LogP contribution in [0, 0.1) is 13.8 Å². The zero-order valence-corrected chi connectivity index (χ0v) is 14.8. The molecular formula is C18H19NO5S. The average molecular weight is 361 g/mol. The van der Waals surface area contributed by atoms with Crippen LogP contribution in [-0.2, 0) is 20.4 Å². The smallest absolute Gasteiger partial charge is 0.335 e. The monoisotopic (exact) mass is 361 g/mol. The molecule has 0 unspecified atom stereocenters. The highest BCUT2D eigenvalue weighted by Gasteiger charge is 2.18. The maximum absolute atomic E-state index is 12.2. The Balaban J connectivity index is 2.00. The minimum absolute atomic E-state index is 0.0774. The molecule has 2 rings (SSSR count). The Kier molecular flexibility index (Phi) is 5.58. The second-order valence-electron chi connectivity index (χ2n) is 5.88. The molecule has 2 aromatic carbocycles. The standard InChI is InChI=1S/C18H19NO5S/c1-12-3-8-16(9-13(12)2)19-17(20)11-25(23,24)10-14-4-6-15(7-5-14)18(21)22/h3-9H,10-11H2,1-2H3,(H,19,20)(H,21,22). The third kappa shape index (κ3) is 5.42. The molecular weight excluding hydrogens is 342 g/mol. The average Bonchev–Trinajstić information content (AvgIpc) is 2.50. The molecule has 0 fully saturated rings. The van der Waals surface area contributed by atoms with Gasteiger partial charge in [0.25, 0.3) is 0 Å². The number of carboxylic acid groups (broad SMARTS) is 1. The number of hydrogen-bond acceptors (Lipinski definition) is 4. The summed E-state index contributed by atoms with van der Waals surface area (Å²) in [7, 11) is -3.66. The van der Waals surface area contributed by atoms with Crippen LogP contribution < -0.4 is 5.32 Å². The fourth-order valence-electron chi connectivity index (χ4n) is 2.26. The number of carbonyl (C=O) groups excluding carboxylic acids is 1. The number of amides is 1. The molecule has 25 heavy (non-hydrogen) atoms. The zero-order valence-electron chi connectivity index (χ0n) is 13.9. The lowest BCUT2D eigenvalue weighted by molar-refractivity contribution is -0.113. The topological polar surface area (TPSA) is 101 Å².